The van der Waals surface area contributed by atoms with Crippen LogP contribution in [0.3, 0.4) is 0 Å². The maximum absolute atomic E-state index is 13.2. The van der Waals surface area contributed by atoms with Gasteiger partial charge in [-0.3, -0.25) is 4.79 Å². The summed E-state index contributed by atoms with van der Waals surface area (Å²) in [6, 6.07) is 32.0. The fourth-order valence-electron chi connectivity index (χ4n) is 3.88. The summed E-state index contributed by atoms with van der Waals surface area (Å²) in [5.41, 5.74) is 7.54. The number of carbonyl (C=O) groups excluding carboxylic acids is 1. The third kappa shape index (κ3) is 5.15. The Kier molecular flexibility index (Phi) is 6.90. The van der Waals surface area contributed by atoms with Gasteiger partial charge in [-0.05, 0) is 70.1 Å². The molecule has 3 heteroatoms. The lowest BCUT2D eigenvalue weighted by Gasteiger charge is -2.22. The summed E-state index contributed by atoms with van der Waals surface area (Å²) in [4.78, 5) is 13.2. The van der Waals surface area contributed by atoms with Crippen LogP contribution >= 0.6 is 15.9 Å². The molecule has 4 rings (SSSR count). The van der Waals surface area contributed by atoms with Gasteiger partial charge in [0.1, 0.15) is 0 Å². The van der Waals surface area contributed by atoms with E-state index in [9.17, 15) is 4.79 Å². The molecule has 0 saturated heterocycles. The van der Waals surface area contributed by atoms with Crippen LogP contribution in [0.1, 0.15) is 46.8 Å². The minimum absolute atomic E-state index is 0.130. The van der Waals surface area contributed by atoms with E-state index in [1.807, 2.05) is 72.8 Å². The third-order valence-electron chi connectivity index (χ3n) is 5.69. The van der Waals surface area contributed by atoms with Crippen molar-refractivity contribution in [3.05, 3.63) is 130 Å². The quantitative estimate of drug-likeness (QED) is 0.285. The van der Waals surface area contributed by atoms with Crippen LogP contribution in [0.4, 0.5) is 5.69 Å². The van der Waals surface area contributed by atoms with Gasteiger partial charge in [0.05, 0.1) is 5.69 Å². The summed E-state index contributed by atoms with van der Waals surface area (Å²) >= 11 is 3.51. The van der Waals surface area contributed by atoms with E-state index in [4.69, 9.17) is 0 Å². The second-order valence-electron chi connectivity index (χ2n) is 8.31. The molecule has 0 bridgehead atoms. The van der Waals surface area contributed by atoms with E-state index in [0.717, 1.165) is 43.6 Å². The molecule has 0 aliphatic heterocycles. The number of hydrogen-bond acceptors (Lipinski definition) is 1. The number of carbonyl (C=O) groups is 1. The highest BCUT2D eigenvalue weighted by molar-refractivity contribution is 9.10. The van der Waals surface area contributed by atoms with E-state index in [-0.39, 0.29) is 11.8 Å². The lowest BCUT2D eigenvalue weighted by Crippen LogP contribution is -2.15. The molecule has 0 aliphatic carbocycles. The highest BCUT2D eigenvalue weighted by Gasteiger charge is 2.20. The van der Waals surface area contributed by atoms with Gasteiger partial charge in [0.25, 0.3) is 5.91 Å². The maximum atomic E-state index is 13.2. The summed E-state index contributed by atoms with van der Waals surface area (Å²) in [6.07, 6.45) is 0. The molecule has 0 fully saturated rings. The zero-order chi connectivity index (χ0) is 23.4. The van der Waals surface area contributed by atoms with Crippen molar-refractivity contribution >= 4 is 33.1 Å². The van der Waals surface area contributed by atoms with Crippen LogP contribution in [0.15, 0.2) is 108 Å². The van der Waals surface area contributed by atoms with Gasteiger partial charge in [0.2, 0.25) is 0 Å². The average Bonchev–Trinajstić information content (AvgIpc) is 2.85. The van der Waals surface area contributed by atoms with Crippen LogP contribution in [-0.4, -0.2) is 5.91 Å². The lowest BCUT2D eigenvalue weighted by atomic mass is 9.88. The van der Waals surface area contributed by atoms with Crippen molar-refractivity contribution in [2.75, 3.05) is 5.32 Å². The highest BCUT2D eigenvalue weighted by atomic mass is 79.9. The molecular formula is C30H26BrNO. The fourth-order valence-corrected chi connectivity index (χ4v) is 4.14. The summed E-state index contributed by atoms with van der Waals surface area (Å²) in [7, 11) is 0. The van der Waals surface area contributed by atoms with Crippen molar-refractivity contribution in [1.82, 2.24) is 0 Å². The van der Waals surface area contributed by atoms with Gasteiger partial charge >= 0.3 is 0 Å². The molecule has 4 aromatic carbocycles. The Labute approximate surface area is 204 Å². The topological polar surface area (TPSA) is 29.1 Å². The fraction of sp³-hybridized carbons (Fsp3) is 0.100. The normalized spacial score (nSPS) is 10.8. The first-order valence-corrected chi connectivity index (χ1v) is 11.8. The Morgan fingerprint density at radius 2 is 1.39 bits per heavy atom. The Balaban J connectivity index is 1.89. The van der Waals surface area contributed by atoms with E-state index in [2.05, 4.69) is 65.9 Å². The molecule has 2 nitrogen and oxygen atoms in total. The van der Waals surface area contributed by atoms with Crippen molar-refractivity contribution in [2.45, 2.75) is 19.8 Å². The molecular weight excluding hydrogens is 470 g/mol. The van der Waals surface area contributed by atoms with Gasteiger partial charge in [-0.15, -0.1) is 0 Å². The molecule has 164 valence electrons. The van der Waals surface area contributed by atoms with Crippen LogP contribution in [0.25, 0.3) is 16.7 Å². The summed E-state index contributed by atoms with van der Waals surface area (Å²) in [5, 5.41) is 3.21. The van der Waals surface area contributed by atoms with Crippen LogP contribution in [0, 0.1) is 0 Å². The zero-order valence-electron chi connectivity index (χ0n) is 18.8. The summed E-state index contributed by atoms with van der Waals surface area (Å²) in [6.45, 7) is 8.73. The third-order valence-corrected chi connectivity index (χ3v) is 6.22. The Bertz CT molecular complexity index is 1280. The molecule has 0 saturated carbocycles. The highest BCUT2D eigenvalue weighted by Crippen LogP contribution is 2.39. The SMILES string of the molecule is C=C(c1ccc(Br)cc1)c1cc(-c2ccccc2)cc(C(C)C)c1NC(=O)c1ccccc1. The maximum Gasteiger partial charge on any atom is 0.255 e. The van der Waals surface area contributed by atoms with Crippen molar-refractivity contribution in [1.29, 1.82) is 0 Å². The second kappa shape index (κ2) is 10.0. The first-order valence-electron chi connectivity index (χ1n) is 11.0. The predicted molar refractivity (Wildman–Crippen MR) is 143 cm³/mol. The first-order chi connectivity index (χ1) is 15.9. The largest absolute Gasteiger partial charge is 0.321 e. The number of benzene rings is 4. The number of anilines is 1. The number of halogens is 1. The molecule has 1 N–H and O–H groups in total. The number of amides is 1. The molecule has 0 spiro atoms. The number of nitrogens with one attached hydrogen (secondary N) is 1. The second-order valence-corrected chi connectivity index (χ2v) is 9.23. The van der Waals surface area contributed by atoms with Crippen molar-refractivity contribution in [2.24, 2.45) is 0 Å². The van der Waals surface area contributed by atoms with Crippen molar-refractivity contribution < 1.29 is 4.79 Å². The average molecular weight is 496 g/mol. The number of rotatable bonds is 6. The van der Waals surface area contributed by atoms with Crippen LogP contribution in [-0.2, 0) is 0 Å². The van der Waals surface area contributed by atoms with Crippen LogP contribution in [0.2, 0.25) is 0 Å². The Morgan fingerprint density at radius 1 is 0.788 bits per heavy atom. The molecule has 0 heterocycles. The molecule has 0 atom stereocenters. The summed E-state index contributed by atoms with van der Waals surface area (Å²) in [5.74, 6) is 0.0750. The zero-order valence-corrected chi connectivity index (χ0v) is 20.4. The van der Waals surface area contributed by atoms with E-state index in [0.29, 0.717) is 5.56 Å². The van der Waals surface area contributed by atoms with Gasteiger partial charge in [0.15, 0.2) is 0 Å². The smallest absolute Gasteiger partial charge is 0.255 e. The van der Waals surface area contributed by atoms with Gasteiger partial charge in [-0.25, -0.2) is 0 Å². The monoisotopic (exact) mass is 495 g/mol. The van der Waals surface area contributed by atoms with Crippen LogP contribution in [0.5, 0.6) is 0 Å². The molecule has 0 radical (unpaired) electrons. The molecule has 0 aliphatic rings. The molecule has 4 aromatic rings. The molecule has 33 heavy (non-hydrogen) atoms. The standard InChI is InChI=1S/C30H26BrNO/c1-20(2)27-18-25(23-10-6-4-7-11-23)19-28(21(3)22-14-16-26(31)17-15-22)29(27)32-30(33)24-12-8-5-9-13-24/h4-20H,3H2,1-2H3,(H,32,33). The Hall–Kier alpha value is -3.43. The molecule has 0 unspecified atom stereocenters. The van der Waals surface area contributed by atoms with E-state index in [1.54, 1.807) is 0 Å². The van der Waals surface area contributed by atoms with Crippen molar-refractivity contribution in [3.63, 3.8) is 0 Å². The first kappa shape index (κ1) is 22.8. The van der Waals surface area contributed by atoms with Gasteiger partial charge in [-0.1, -0.05) is 97.0 Å². The Morgan fingerprint density at radius 3 is 2.00 bits per heavy atom. The lowest BCUT2D eigenvalue weighted by molar-refractivity contribution is 0.102. The van der Waals surface area contributed by atoms with E-state index < -0.39 is 0 Å². The van der Waals surface area contributed by atoms with Crippen molar-refractivity contribution in [3.8, 4) is 11.1 Å². The van der Waals surface area contributed by atoms with Gasteiger partial charge in [0, 0.05) is 15.6 Å². The summed E-state index contributed by atoms with van der Waals surface area (Å²) < 4.78 is 1.01. The van der Waals surface area contributed by atoms with E-state index in [1.165, 1.54) is 0 Å². The predicted octanol–water partition coefficient (Wildman–Crippen LogP) is 8.55. The van der Waals surface area contributed by atoms with Gasteiger partial charge < -0.3 is 5.32 Å². The van der Waals surface area contributed by atoms with Gasteiger partial charge in [-0.2, -0.15) is 0 Å². The molecule has 1 amide bonds. The van der Waals surface area contributed by atoms with E-state index >= 15 is 0 Å². The minimum Gasteiger partial charge on any atom is -0.321 e. The number of hydrogen-bond donors (Lipinski definition) is 1. The molecule has 0 aromatic heterocycles. The van der Waals surface area contributed by atoms with Crippen LogP contribution < -0.4 is 5.32 Å². The minimum atomic E-state index is -0.130.